The molecule has 13 aliphatic rings. The predicted molar refractivity (Wildman–Crippen MR) is 465 cm³/mol. The number of hydrogen-bond donors (Lipinski definition) is 22. The lowest BCUT2D eigenvalue weighted by Crippen LogP contribution is -2.69. The summed E-state index contributed by atoms with van der Waals surface area (Å²) >= 11 is 0. The van der Waals surface area contributed by atoms with Crippen molar-refractivity contribution in [2.75, 3.05) is 46.2 Å². The Balaban J connectivity index is 0.767. The Morgan fingerprint density at radius 2 is 0.949 bits per heavy atom. The minimum atomic E-state index is -2.28. The zero-order valence-electron chi connectivity index (χ0n) is 79.5. The average molecular weight is 1970 g/mol. The van der Waals surface area contributed by atoms with Gasteiger partial charge in [-0.2, -0.15) is 0 Å². The van der Waals surface area contributed by atoms with E-state index >= 15 is 4.79 Å². The van der Waals surface area contributed by atoms with Crippen LogP contribution in [-0.2, 0) is 99.6 Å². The molecule has 8 saturated heterocycles. The van der Waals surface area contributed by atoms with E-state index in [2.05, 4.69) is 67.7 Å². The van der Waals surface area contributed by atoms with Crippen molar-refractivity contribution in [3.8, 4) is 0 Å². The van der Waals surface area contributed by atoms with E-state index in [1.54, 1.807) is 0 Å². The van der Waals surface area contributed by atoms with Gasteiger partial charge < -0.3 is 198 Å². The number of carbonyl (C=O) groups is 3. The Morgan fingerprint density at radius 1 is 0.460 bits per heavy atom. The highest BCUT2D eigenvalue weighted by Crippen LogP contribution is 2.76. The first-order valence-corrected chi connectivity index (χ1v) is 47.7. The van der Waals surface area contributed by atoms with E-state index < -0.39 is 347 Å². The second kappa shape index (κ2) is 43.3. The molecule has 43 nitrogen and oxygen atoms in total. The third-order valence-electron chi connectivity index (χ3n) is 32.4. The first-order valence-electron chi connectivity index (χ1n) is 47.7. The molecular formula is C94H148O43. The molecule has 0 aromatic carbocycles. The average Bonchev–Trinajstić information content (AvgIpc) is 0.668. The van der Waals surface area contributed by atoms with Crippen molar-refractivity contribution in [1.29, 1.82) is 0 Å². The first kappa shape index (κ1) is 110. The highest BCUT2D eigenvalue weighted by atomic mass is 16.8. The lowest BCUT2D eigenvalue weighted by atomic mass is 9.33. The summed E-state index contributed by atoms with van der Waals surface area (Å²) in [5.74, 6) is -4.27. The van der Waals surface area contributed by atoms with Crippen LogP contribution in [0.4, 0.5) is 0 Å². The van der Waals surface area contributed by atoms with E-state index in [4.69, 9.17) is 85.3 Å². The van der Waals surface area contributed by atoms with Crippen LogP contribution in [0.2, 0.25) is 0 Å². The van der Waals surface area contributed by atoms with Gasteiger partial charge in [-0.3, -0.25) is 4.79 Å². The lowest BCUT2D eigenvalue weighted by Gasteiger charge is -2.71. The predicted octanol–water partition coefficient (Wildman–Crippen LogP) is -3.75. The maximum Gasteiger partial charge on any atom is 0.336 e. The van der Waals surface area contributed by atoms with Crippen molar-refractivity contribution in [1.82, 2.24) is 0 Å². The molecule has 0 spiro atoms. The molecule has 43 heteroatoms. The van der Waals surface area contributed by atoms with E-state index in [0.29, 0.717) is 44.9 Å². The van der Waals surface area contributed by atoms with Crippen LogP contribution in [-0.4, -0.2) is 421 Å². The molecular weight excluding hydrogens is 1820 g/mol. The molecule has 0 bridgehead atoms. The number of esters is 3. The first-order chi connectivity index (χ1) is 64.1. The molecule has 0 aromatic heterocycles. The molecule has 47 atom stereocenters. The molecule has 22 N–H and O–H groups in total. The topological polar surface area (TPSA) is 662 Å². The molecule has 12 fully saturated rings. The molecule has 1 unspecified atom stereocenters. The number of hydrogen-bond acceptors (Lipinski definition) is 43. The molecule has 782 valence electrons. The fraction of sp³-hybridized carbons (Fsp3) is 0.862. The second-order valence-corrected chi connectivity index (χ2v) is 42.6. The number of allylic oxidation sites excluding steroid dienone is 4. The maximum atomic E-state index is 16.6. The van der Waals surface area contributed by atoms with Gasteiger partial charge in [-0.05, 0) is 163 Å². The number of fused-ring (bicyclic) bond motifs is 7. The molecule has 0 amide bonds. The monoisotopic (exact) mass is 1960 g/mol. The van der Waals surface area contributed by atoms with Gasteiger partial charge in [0.25, 0.3) is 0 Å². The highest BCUT2D eigenvalue weighted by molar-refractivity contribution is 5.89. The van der Waals surface area contributed by atoms with Gasteiger partial charge >= 0.3 is 17.9 Å². The Labute approximate surface area is 794 Å². The Hall–Kier alpha value is -4.37. The van der Waals surface area contributed by atoms with Gasteiger partial charge in [0.15, 0.2) is 62.3 Å². The molecule has 137 heavy (non-hydrogen) atoms. The number of aliphatic hydroxyl groups excluding tert-OH is 20. The van der Waals surface area contributed by atoms with E-state index in [1.807, 2.05) is 0 Å². The van der Waals surface area contributed by atoms with Crippen molar-refractivity contribution in [2.24, 2.45) is 50.2 Å². The van der Waals surface area contributed by atoms with Crippen LogP contribution >= 0.6 is 0 Å². The van der Waals surface area contributed by atoms with Crippen LogP contribution in [0.25, 0.3) is 0 Å². The summed E-state index contributed by atoms with van der Waals surface area (Å²) < 4.78 is 109. The van der Waals surface area contributed by atoms with Crippen molar-refractivity contribution in [3.05, 3.63) is 60.3 Å². The third kappa shape index (κ3) is 22.1. The third-order valence-corrected chi connectivity index (χ3v) is 32.4. The summed E-state index contributed by atoms with van der Waals surface area (Å²) in [5.41, 5.74) is -7.14. The Bertz CT molecular complexity index is 4190. The fourth-order valence-electron chi connectivity index (χ4n) is 23.4. The summed E-state index contributed by atoms with van der Waals surface area (Å²) in [7, 11) is 0. The van der Waals surface area contributed by atoms with E-state index in [-0.39, 0.29) is 61.5 Å². The largest absolute Gasteiger partial charge is 0.452 e. The Kier molecular flexibility index (Phi) is 34.8. The molecule has 0 aromatic rings. The van der Waals surface area contributed by atoms with Crippen molar-refractivity contribution < 1.29 is 212 Å². The standard InChI is InChI=1S/C94H148O43/c1-15-89(10,118)25-17-19-40(3)76(115)132-75-72(131-77(116)43(33-95)20-18-26-90(11,119)16-2)56(101)41(4)126-84(75)125-39-51-61(106)63(108)74(136-81-68(113)64(109)70(42(5)127-81)133-80-69(114)71(49(99)37-122-80)134-78-65(110)57(102)46(96)34-120-78)85(129-51)137-86(117)94-30-29-87(6,7)31-45(94)44-21-22-53-91(12)27-24-55(88(8,9)52(91)23-28-92(53,13)93(44,14)32-54(94)100)130-82-67(112)62(107)60(105)50(128-82)38-124-83-73(59(104)48(98)36-123-83)135-79-66(111)58(103)47(97)35-121-79/h15-16,19-21,41-42,45-75,78-85,95-114,118-119H,1-2,17-18,22-39H2,3-14H3/b40-19+,43-20+/t41-,42-,45-,46+,47+,48-,49+,50+,51+,52-,53+,54+,55-,56-,57-,58-,59-,60+,61+,62-,63-,64-,65+,66+,67+,68+,69+,70-,71-,72+,73+,74+,75+,78-,79-,80-,81-,82-,83-,84+,85-,89+,90?,91-,92+,93+,94+/m0/s1. The highest BCUT2D eigenvalue weighted by Gasteiger charge is 2.73. The van der Waals surface area contributed by atoms with Crippen LogP contribution in [0.3, 0.4) is 0 Å². The van der Waals surface area contributed by atoms with Crippen LogP contribution < -0.4 is 0 Å². The van der Waals surface area contributed by atoms with Gasteiger partial charge in [-0.1, -0.05) is 84.4 Å². The van der Waals surface area contributed by atoms with Crippen molar-refractivity contribution in [3.63, 3.8) is 0 Å². The van der Waals surface area contributed by atoms with Crippen LogP contribution in [0.5, 0.6) is 0 Å². The molecule has 4 saturated carbocycles. The Morgan fingerprint density at radius 3 is 1.55 bits per heavy atom. The van der Waals surface area contributed by atoms with Gasteiger partial charge in [0.2, 0.25) is 6.29 Å². The second-order valence-electron chi connectivity index (χ2n) is 42.6. The molecule has 5 aliphatic carbocycles. The zero-order valence-corrected chi connectivity index (χ0v) is 79.5. The summed E-state index contributed by atoms with van der Waals surface area (Å²) in [6.45, 7) is 24.9. The van der Waals surface area contributed by atoms with Crippen molar-refractivity contribution >= 4 is 17.9 Å². The van der Waals surface area contributed by atoms with Gasteiger partial charge in [-0.15, -0.1) is 13.2 Å². The summed E-state index contributed by atoms with van der Waals surface area (Å²) in [6.07, 6.45) is -54.9. The van der Waals surface area contributed by atoms with Crippen molar-refractivity contribution in [2.45, 2.75) is 411 Å². The summed E-state index contributed by atoms with van der Waals surface area (Å²) in [6, 6.07) is 0. The van der Waals surface area contributed by atoms with Gasteiger partial charge in [0.1, 0.15) is 146 Å². The number of carbonyl (C=O) groups excluding carboxylic acids is 3. The number of ether oxygens (including phenoxy) is 18. The molecule has 8 heterocycles. The SMILES string of the molecule is C=CC(C)(O)CC/C=C(\CO)C(=O)O[C@@H]1[C@@H](O)[C@H](C)O[C@@H](OC[C@H]2O[C@@H](OC(=O)[C@]34CCC(C)(C)C[C@H]3C3=CC[C@@H]5[C@@]6(C)CC[C@H](O[C@@H]7O[C@H](CO[C@@H]8OC[C@H](O)[C@H](O)[C@H]8O[C@@H]8OC[C@@H](O)[C@H](O)[C@H]8O)[C@@H](O)[C@H](O)[C@H]7O)C(C)(C)[C@@H]6CC[C@@]5(C)[C@]3(C)C[C@H]4O)[C@H](O[C@@H]3O[C@@H](C)[C@H](O[C@@H]4OC[C@@H](O)[C@H](O[C@@H]5OC[C@@H](O)[C@H](O)[C@H]5O)[C@H]4O)[C@@H](O)[C@H]3O)[C@@H](O)[C@@H]2O)[C@@H]1OC(=O)/C(C)=C/CC[C@](C)(O)C=C. The zero-order chi connectivity index (χ0) is 101. The van der Waals surface area contributed by atoms with Gasteiger partial charge in [0, 0.05) is 5.57 Å². The van der Waals surface area contributed by atoms with Gasteiger partial charge in [-0.25, -0.2) is 9.59 Å². The van der Waals surface area contributed by atoms with Crippen LogP contribution in [0.1, 0.15) is 167 Å². The molecule has 13 rings (SSSR count). The van der Waals surface area contributed by atoms with E-state index in [0.717, 1.165) is 5.57 Å². The summed E-state index contributed by atoms with van der Waals surface area (Å²) in [4.78, 5) is 45.0. The quantitative estimate of drug-likeness (QED) is 0.0104. The minimum absolute atomic E-state index is 0.00851. The molecule has 0 radical (unpaired) electrons. The summed E-state index contributed by atoms with van der Waals surface area (Å²) in [5, 5.41) is 248. The van der Waals surface area contributed by atoms with Gasteiger partial charge in [0.05, 0.1) is 87.4 Å². The normalized spacial score (nSPS) is 48.3. The lowest BCUT2D eigenvalue weighted by molar-refractivity contribution is -0.381. The van der Waals surface area contributed by atoms with Crippen LogP contribution in [0.15, 0.2) is 60.3 Å². The van der Waals surface area contributed by atoms with Crippen LogP contribution in [0, 0.1) is 50.2 Å². The van der Waals surface area contributed by atoms with E-state index in [9.17, 15) is 122 Å². The number of aliphatic hydroxyl groups is 22. The fourth-order valence-corrected chi connectivity index (χ4v) is 23.4. The number of rotatable bonds is 31. The maximum absolute atomic E-state index is 16.6. The minimum Gasteiger partial charge on any atom is -0.452 e. The smallest absolute Gasteiger partial charge is 0.336 e. The molecule has 8 aliphatic heterocycles. The van der Waals surface area contributed by atoms with E-state index in [1.165, 1.54) is 58.9 Å².